The Hall–Kier alpha value is -1.88. The summed E-state index contributed by atoms with van der Waals surface area (Å²) in [4.78, 5) is 19.2. The van der Waals surface area contributed by atoms with E-state index in [-0.39, 0.29) is 5.91 Å². The number of pyridine rings is 1. The molecule has 1 aromatic carbocycles. The van der Waals surface area contributed by atoms with Crippen LogP contribution in [0.25, 0.3) is 0 Å². The van der Waals surface area contributed by atoms with E-state index in [9.17, 15) is 4.79 Å². The van der Waals surface area contributed by atoms with Crippen LogP contribution in [0.1, 0.15) is 30.1 Å². The number of hydrogen-bond acceptors (Lipinski definition) is 3. The highest BCUT2D eigenvalue weighted by Crippen LogP contribution is 2.22. The van der Waals surface area contributed by atoms with E-state index in [1.54, 1.807) is 12.3 Å². The van der Waals surface area contributed by atoms with Gasteiger partial charge in [0.2, 0.25) is 0 Å². The summed E-state index contributed by atoms with van der Waals surface area (Å²) in [7, 11) is 0. The first-order chi connectivity index (χ1) is 11.1. The Balaban J connectivity index is 1.75. The van der Waals surface area contributed by atoms with Gasteiger partial charge in [-0.3, -0.25) is 4.79 Å². The van der Waals surface area contributed by atoms with Crippen LogP contribution >= 0.6 is 15.9 Å². The molecule has 2 heterocycles. The van der Waals surface area contributed by atoms with Crippen LogP contribution in [-0.4, -0.2) is 24.0 Å². The van der Waals surface area contributed by atoms with Crippen molar-refractivity contribution in [3.63, 3.8) is 0 Å². The normalized spacial score (nSPS) is 17.8. The Kier molecular flexibility index (Phi) is 4.96. The minimum absolute atomic E-state index is 0.114. The number of hydrogen-bond donors (Lipinski definition) is 1. The van der Waals surface area contributed by atoms with Crippen LogP contribution in [0, 0.1) is 5.92 Å². The summed E-state index contributed by atoms with van der Waals surface area (Å²) in [5.74, 6) is 1.44. The van der Waals surface area contributed by atoms with Crippen molar-refractivity contribution < 1.29 is 4.79 Å². The molecule has 1 amide bonds. The fourth-order valence-corrected chi connectivity index (χ4v) is 3.30. The molecule has 1 aromatic heterocycles. The zero-order valence-electron chi connectivity index (χ0n) is 13.1. The molecule has 4 nitrogen and oxygen atoms in total. The molecule has 1 atom stereocenters. The molecule has 1 N–H and O–H groups in total. The molecule has 1 unspecified atom stereocenters. The topological polar surface area (TPSA) is 45.2 Å². The van der Waals surface area contributed by atoms with Gasteiger partial charge in [-0.1, -0.05) is 28.9 Å². The van der Waals surface area contributed by atoms with E-state index in [0.717, 1.165) is 29.1 Å². The zero-order valence-corrected chi connectivity index (χ0v) is 14.7. The van der Waals surface area contributed by atoms with E-state index in [1.165, 1.54) is 12.8 Å². The maximum atomic E-state index is 12.5. The van der Waals surface area contributed by atoms with E-state index >= 15 is 0 Å². The summed E-state index contributed by atoms with van der Waals surface area (Å²) >= 11 is 3.41. The monoisotopic (exact) mass is 373 g/mol. The second-order valence-corrected chi connectivity index (χ2v) is 6.98. The summed E-state index contributed by atoms with van der Waals surface area (Å²) in [5, 5.41) is 2.92. The molecule has 3 rings (SSSR count). The third kappa shape index (κ3) is 4.10. The number of benzene rings is 1. The highest BCUT2D eigenvalue weighted by atomic mass is 79.9. The SMILES string of the molecule is CC1CCCN(c2cc(C(=O)Nc3cccc(Br)c3)ccn2)C1. The third-order valence-electron chi connectivity index (χ3n) is 4.07. The molecule has 1 saturated heterocycles. The second-order valence-electron chi connectivity index (χ2n) is 6.06. The van der Waals surface area contributed by atoms with E-state index in [0.29, 0.717) is 11.5 Å². The predicted molar refractivity (Wildman–Crippen MR) is 96.9 cm³/mol. The fourth-order valence-electron chi connectivity index (χ4n) is 2.90. The number of carbonyl (C=O) groups is 1. The molecular weight excluding hydrogens is 354 g/mol. The van der Waals surface area contributed by atoms with Gasteiger partial charge in [0.15, 0.2) is 0 Å². The first-order valence-electron chi connectivity index (χ1n) is 7.90. The van der Waals surface area contributed by atoms with Crippen LogP contribution in [-0.2, 0) is 0 Å². The Labute approximate surface area is 145 Å². The van der Waals surface area contributed by atoms with E-state index in [4.69, 9.17) is 0 Å². The van der Waals surface area contributed by atoms with Gasteiger partial charge in [-0.15, -0.1) is 0 Å². The molecule has 120 valence electrons. The maximum absolute atomic E-state index is 12.5. The van der Waals surface area contributed by atoms with E-state index < -0.39 is 0 Å². The van der Waals surface area contributed by atoms with Gasteiger partial charge >= 0.3 is 0 Å². The minimum atomic E-state index is -0.114. The van der Waals surface area contributed by atoms with Gasteiger partial charge in [-0.05, 0) is 49.1 Å². The number of carbonyl (C=O) groups excluding carboxylic acids is 1. The molecule has 0 spiro atoms. The van der Waals surface area contributed by atoms with Crippen molar-refractivity contribution in [2.45, 2.75) is 19.8 Å². The number of halogens is 1. The van der Waals surface area contributed by atoms with Crippen molar-refractivity contribution in [3.05, 3.63) is 52.6 Å². The molecule has 0 bridgehead atoms. The number of piperidine rings is 1. The van der Waals surface area contributed by atoms with Crippen LogP contribution in [0.3, 0.4) is 0 Å². The predicted octanol–water partition coefficient (Wildman–Crippen LogP) is 4.33. The van der Waals surface area contributed by atoms with Crippen molar-refractivity contribution >= 4 is 33.3 Å². The molecule has 2 aromatic rings. The number of aromatic nitrogens is 1. The Morgan fingerprint density at radius 2 is 2.22 bits per heavy atom. The number of nitrogens with zero attached hydrogens (tertiary/aromatic N) is 2. The number of nitrogens with one attached hydrogen (secondary N) is 1. The summed E-state index contributed by atoms with van der Waals surface area (Å²) in [6.45, 7) is 4.27. The molecule has 5 heteroatoms. The standard InChI is InChI=1S/C18H20BrN3O/c1-13-4-3-9-22(12-13)17-10-14(7-8-20-17)18(23)21-16-6-2-5-15(19)11-16/h2,5-8,10-11,13H,3-4,9,12H2,1H3,(H,21,23). The lowest BCUT2D eigenvalue weighted by Gasteiger charge is -2.31. The number of amides is 1. The molecular formula is C18H20BrN3O. The Morgan fingerprint density at radius 3 is 3.00 bits per heavy atom. The fraction of sp³-hybridized carbons (Fsp3) is 0.333. The van der Waals surface area contributed by atoms with Gasteiger partial charge < -0.3 is 10.2 Å². The van der Waals surface area contributed by atoms with Crippen molar-refractivity contribution in [2.75, 3.05) is 23.3 Å². The summed E-state index contributed by atoms with van der Waals surface area (Å²) in [5.41, 5.74) is 1.41. The van der Waals surface area contributed by atoms with Crippen molar-refractivity contribution in [2.24, 2.45) is 5.92 Å². The third-order valence-corrected chi connectivity index (χ3v) is 4.56. The van der Waals surface area contributed by atoms with Crippen LogP contribution in [0.2, 0.25) is 0 Å². The van der Waals surface area contributed by atoms with Gasteiger partial charge in [-0.2, -0.15) is 0 Å². The highest BCUT2D eigenvalue weighted by Gasteiger charge is 2.18. The smallest absolute Gasteiger partial charge is 0.255 e. The molecule has 0 radical (unpaired) electrons. The van der Waals surface area contributed by atoms with Crippen LogP contribution < -0.4 is 10.2 Å². The molecule has 0 aliphatic carbocycles. The highest BCUT2D eigenvalue weighted by molar-refractivity contribution is 9.10. The Morgan fingerprint density at radius 1 is 1.35 bits per heavy atom. The molecule has 23 heavy (non-hydrogen) atoms. The lowest BCUT2D eigenvalue weighted by atomic mass is 10.0. The summed E-state index contributed by atoms with van der Waals surface area (Å²) < 4.78 is 0.938. The minimum Gasteiger partial charge on any atom is -0.356 e. The van der Waals surface area contributed by atoms with Crippen molar-refractivity contribution in [1.29, 1.82) is 0 Å². The van der Waals surface area contributed by atoms with Crippen molar-refractivity contribution in [3.8, 4) is 0 Å². The van der Waals surface area contributed by atoms with Crippen LogP contribution in [0.15, 0.2) is 47.1 Å². The van der Waals surface area contributed by atoms with Gasteiger partial charge in [0.25, 0.3) is 5.91 Å². The van der Waals surface area contributed by atoms with E-state index in [2.05, 4.69) is 38.1 Å². The lowest BCUT2D eigenvalue weighted by molar-refractivity contribution is 0.102. The molecule has 0 saturated carbocycles. The number of rotatable bonds is 3. The largest absolute Gasteiger partial charge is 0.356 e. The van der Waals surface area contributed by atoms with Gasteiger partial charge in [0.1, 0.15) is 5.82 Å². The molecule has 1 aliphatic rings. The summed E-state index contributed by atoms with van der Waals surface area (Å²) in [6.07, 6.45) is 4.15. The van der Waals surface area contributed by atoms with E-state index in [1.807, 2.05) is 30.3 Å². The zero-order chi connectivity index (χ0) is 16.2. The summed E-state index contributed by atoms with van der Waals surface area (Å²) in [6, 6.07) is 11.2. The van der Waals surface area contributed by atoms with Crippen molar-refractivity contribution in [1.82, 2.24) is 4.98 Å². The average molecular weight is 374 g/mol. The lowest BCUT2D eigenvalue weighted by Crippen LogP contribution is -2.34. The molecule has 1 aliphatic heterocycles. The molecule has 1 fully saturated rings. The van der Waals surface area contributed by atoms with Gasteiger partial charge in [0, 0.05) is 35.0 Å². The first kappa shape index (κ1) is 16.0. The maximum Gasteiger partial charge on any atom is 0.255 e. The average Bonchev–Trinajstić information content (AvgIpc) is 2.55. The number of anilines is 2. The van der Waals surface area contributed by atoms with Crippen LogP contribution in [0.5, 0.6) is 0 Å². The second kappa shape index (κ2) is 7.13. The Bertz CT molecular complexity index is 704. The van der Waals surface area contributed by atoms with Gasteiger partial charge in [0.05, 0.1) is 0 Å². The first-order valence-corrected chi connectivity index (χ1v) is 8.69. The van der Waals surface area contributed by atoms with Gasteiger partial charge in [-0.25, -0.2) is 4.98 Å². The van der Waals surface area contributed by atoms with Crippen LogP contribution in [0.4, 0.5) is 11.5 Å². The quantitative estimate of drug-likeness (QED) is 0.870.